The van der Waals surface area contributed by atoms with Crippen LogP contribution < -0.4 is 5.32 Å². The van der Waals surface area contributed by atoms with Crippen molar-refractivity contribution in [1.82, 2.24) is 5.32 Å². The molecule has 3 atom stereocenters. The van der Waals surface area contributed by atoms with Crippen LogP contribution in [0.25, 0.3) is 0 Å². The molecule has 1 aromatic rings. The highest BCUT2D eigenvalue weighted by Crippen LogP contribution is 2.49. The first-order valence-corrected chi connectivity index (χ1v) is 7.72. The van der Waals surface area contributed by atoms with Gasteiger partial charge in [0.15, 0.2) is 11.7 Å². The fraction of sp³-hybridized carbons (Fsp3) is 0.471. The van der Waals surface area contributed by atoms with Crippen molar-refractivity contribution in [3.05, 3.63) is 35.4 Å². The molecule has 2 aliphatic rings. The lowest BCUT2D eigenvalue weighted by Gasteiger charge is -2.10. The number of carbonyl (C=O) groups is 2. The summed E-state index contributed by atoms with van der Waals surface area (Å²) < 4.78 is 38.3. The molecule has 24 heavy (non-hydrogen) atoms. The van der Waals surface area contributed by atoms with Gasteiger partial charge in [-0.3, -0.25) is 9.59 Å². The predicted molar refractivity (Wildman–Crippen MR) is 77.6 cm³/mol. The van der Waals surface area contributed by atoms with Crippen molar-refractivity contribution in [1.29, 1.82) is 5.26 Å². The normalized spacial score (nSPS) is 23.9. The molecule has 2 aliphatic carbocycles. The van der Waals surface area contributed by atoms with Crippen LogP contribution in [0.1, 0.15) is 36.3 Å². The molecule has 1 amide bonds. The monoisotopic (exact) mass is 336 g/mol. The SMILES string of the molecule is N#C[C@@H](C(=O)NC1CC1)C(=O)[C@@H]1C[C@H]1c1cccc(C(F)(F)F)c1. The Kier molecular flexibility index (Phi) is 4.08. The van der Waals surface area contributed by atoms with Gasteiger partial charge in [-0.15, -0.1) is 0 Å². The van der Waals surface area contributed by atoms with Crippen LogP contribution in [0, 0.1) is 23.2 Å². The Morgan fingerprint density at radius 2 is 2.00 bits per heavy atom. The van der Waals surface area contributed by atoms with Crippen LogP contribution >= 0.6 is 0 Å². The molecule has 2 saturated carbocycles. The van der Waals surface area contributed by atoms with Gasteiger partial charge in [0.05, 0.1) is 11.6 Å². The second-order valence-electron chi connectivity index (χ2n) is 6.32. The van der Waals surface area contributed by atoms with E-state index in [4.69, 9.17) is 5.26 Å². The number of carbonyl (C=O) groups excluding carboxylic acids is 2. The molecule has 7 heteroatoms. The van der Waals surface area contributed by atoms with Crippen molar-refractivity contribution in [3.8, 4) is 6.07 Å². The van der Waals surface area contributed by atoms with Gasteiger partial charge in [0.1, 0.15) is 0 Å². The Hall–Kier alpha value is -2.36. The molecule has 0 saturated heterocycles. The average molecular weight is 336 g/mol. The Morgan fingerprint density at radius 3 is 2.58 bits per heavy atom. The van der Waals surface area contributed by atoms with Crippen LogP contribution in [-0.2, 0) is 15.8 Å². The quantitative estimate of drug-likeness (QED) is 0.841. The lowest BCUT2D eigenvalue weighted by molar-refractivity contribution is -0.137. The molecule has 4 nitrogen and oxygen atoms in total. The zero-order valence-corrected chi connectivity index (χ0v) is 12.6. The van der Waals surface area contributed by atoms with Gasteiger partial charge in [0, 0.05) is 12.0 Å². The van der Waals surface area contributed by atoms with Gasteiger partial charge < -0.3 is 5.32 Å². The highest BCUT2D eigenvalue weighted by molar-refractivity contribution is 6.06. The minimum Gasteiger partial charge on any atom is -0.352 e. The molecule has 1 aromatic carbocycles. The number of Topliss-reactive ketones (excluding diaryl/α,β-unsaturated/α-hetero) is 1. The van der Waals surface area contributed by atoms with Crippen LogP contribution in [0.3, 0.4) is 0 Å². The highest BCUT2D eigenvalue weighted by Gasteiger charge is 2.48. The fourth-order valence-electron chi connectivity index (χ4n) is 2.80. The van der Waals surface area contributed by atoms with E-state index in [1.807, 2.05) is 0 Å². The van der Waals surface area contributed by atoms with Gasteiger partial charge >= 0.3 is 6.18 Å². The Bertz CT molecular complexity index is 719. The molecule has 0 bridgehead atoms. The number of nitriles is 1. The van der Waals surface area contributed by atoms with E-state index < -0.39 is 35.3 Å². The second kappa shape index (κ2) is 5.93. The number of ketones is 1. The van der Waals surface area contributed by atoms with E-state index in [1.54, 1.807) is 12.1 Å². The molecule has 3 rings (SSSR count). The Morgan fingerprint density at radius 1 is 1.29 bits per heavy atom. The minimum absolute atomic E-state index is 0.0413. The van der Waals surface area contributed by atoms with E-state index in [9.17, 15) is 22.8 Å². The van der Waals surface area contributed by atoms with E-state index in [-0.39, 0.29) is 12.0 Å². The smallest absolute Gasteiger partial charge is 0.352 e. The van der Waals surface area contributed by atoms with Gasteiger partial charge in [-0.1, -0.05) is 18.2 Å². The van der Waals surface area contributed by atoms with Crippen molar-refractivity contribution in [2.45, 2.75) is 37.4 Å². The van der Waals surface area contributed by atoms with E-state index in [1.165, 1.54) is 6.07 Å². The summed E-state index contributed by atoms with van der Waals surface area (Å²) in [5, 5.41) is 11.7. The van der Waals surface area contributed by atoms with E-state index >= 15 is 0 Å². The molecule has 1 N–H and O–H groups in total. The minimum atomic E-state index is -4.44. The summed E-state index contributed by atoms with van der Waals surface area (Å²) in [7, 11) is 0. The van der Waals surface area contributed by atoms with Crippen LogP contribution in [0.5, 0.6) is 0 Å². The van der Waals surface area contributed by atoms with Crippen LogP contribution in [0.2, 0.25) is 0 Å². The molecule has 126 valence electrons. The van der Waals surface area contributed by atoms with Crippen molar-refractivity contribution >= 4 is 11.7 Å². The van der Waals surface area contributed by atoms with Gasteiger partial charge in [-0.05, 0) is 36.8 Å². The van der Waals surface area contributed by atoms with E-state index in [0.717, 1.165) is 25.0 Å². The molecule has 2 fully saturated rings. The van der Waals surface area contributed by atoms with Crippen molar-refractivity contribution in [3.63, 3.8) is 0 Å². The number of benzene rings is 1. The third-order valence-electron chi connectivity index (χ3n) is 4.40. The largest absolute Gasteiger partial charge is 0.416 e. The standard InChI is InChI=1S/C17H15F3N2O2/c18-17(19,20)10-3-1-2-9(6-10)12-7-13(12)15(23)14(8-21)16(24)22-11-4-5-11/h1-3,6,11-14H,4-5,7H2,(H,22,24)/t12-,13+,14+/m0/s1. The first-order chi connectivity index (χ1) is 11.3. The Labute approximate surface area is 136 Å². The van der Waals surface area contributed by atoms with Crippen LogP contribution in [0.15, 0.2) is 24.3 Å². The first-order valence-electron chi connectivity index (χ1n) is 7.72. The summed E-state index contributed by atoms with van der Waals surface area (Å²) >= 11 is 0. The summed E-state index contributed by atoms with van der Waals surface area (Å²) in [5.41, 5.74) is -0.344. The maximum atomic E-state index is 12.8. The molecule has 0 radical (unpaired) electrons. The molecular weight excluding hydrogens is 321 g/mol. The lowest BCUT2D eigenvalue weighted by Crippen LogP contribution is -2.36. The molecule has 0 aliphatic heterocycles. The van der Waals surface area contributed by atoms with E-state index in [0.29, 0.717) is 12.0 Å². The summed E-state index contributed by atoms with van der Waals surface area (Å²) in [4.78, 5) is 24.3. The number of nitrogens with zero attached hydrogens (tertiary/aromatic N) is 1. The summed E-state index contributed by atoms with van der Waals surface area (Å²) in [6, 6.07) is 6.62. The van der Waals surface area contributed by atoms with Crippen molar-refractivity contribution in [2.75, 3.05) is 0 Å². The van der Waals surface area contributed by atoms with Gasteiger partial charge in [0.25, 0.3) is 0 Å². The predicted octanol–water partition coefficient (Wildman–Crippen LogP) is 2.80. The molecule has 0 unspecified atom stereocenters. The third kappa shape index (κ3) is 3.42. The third-order valence-corrected chi connectivity index (χ3v) is 4.40. The topological polar surface area (TPSA) is 70.0 Å². The number of rotatable bonds is 5. The van der Waals surface area contributed by atoms with Gasteiger partial charge in [-0.2, -0.15) is 18.4 Å². The second-order valence-corrected chi connectivity index (χ2v) is 6.32. The zero-order chi connectivity index (χ0) is 17.5. The first kappa shape index (κ1) is 16.5. The maximum Gasteiger partial charge on any atom is 0.416 e. The zero-order valence-electron chi connectivity index (χ0n) is 12.6. The Balaban J connectivity index is 1.68. The molecule has 0 aromatic heterocycles. The van der Waals surface area contributed by atoms with Crippen molar-refractivity contribution in [2.24, 2.45) is 11.8 Å². The van der Waals surface area contributed by atoms with E-state index in [2.05, 4.69) is 5.32 Å². The molecule has 0 spiro atoms. The lowest BCUT2D eigenvalue weighted by atomic mass is 9.97. The molecule has 0 heterocycles. The van der Waals surface area contributed by atoms with Crippen LogP contribution in [0.4, 0.5) is 13.2 Å². The number of halogens is 3. The fourth-order valence-corrected chi connectivity index (χ4v) is 2.80. The summed E-state index contributed by atoms with van der Waals surface area (Å²) in [6.07, 6.45) is -2.39. The van der Waals surface area contributed by atoms with Gasteiger partial charge in [-0.25, -0.2) is 0 Å². The number of hydrogen-bond donors (Lipinski definition) is 1. The number of nitrogens with one attached hydrogen (secondary N) is 1. The maximum absolute atomic E-state index is 12.8. The summed E-state index contributed by atoms with van der Waals surface area (Å²) in [5.74, 6) is -3.41. The average Bonchev–Trinajstić information content (AvgIpc) is 3.41. The molecular formula is C17H15F3N2O2. The van der Waals surface area contributed by atoms with Crippen LogP contribution in [-0.4, -0.2) is 17.7 Å². The number of alkyl halides is 3. The number of hydrogen-bond acceptors (Lipinski definition) is 3. The number of amides is 1. The van der Waals surface area contributed by atoms with Crippen molar-refractivity contribution < 1.29 is 22.8 Å². The summed E-state index contributed by atoms with van der Waals surface area (Å²) in [6.45, 7) is 0. The van der Waals surface area contributed by atoms with Gasteiger partial charge in [0.2, 0.25) is 5.91 Å². The highest BCUT2D eigenvalue weighted by atomic mass is 19.4.